The van der Waals surface area contributed by atoms with Crippen LogP contribution in [0.5, 0.6) is 17.4 Å². The van der Waals surface area contributed by atoms with Gasteiger partial charge in [0.2, 0.25) is 5.88 Å². The Morgan fingerprint density at radius 1 is 1.21 bits per heavy atom. The number of aromatic nitrogens is 4. The number of nitrogens with zero attached hydrogens (tertiary/aromatic N) is 6. The maximum atomic E-state index is 11.9. The summed E-state index contributed by atoms with van der Waals surface area (Å²) in [5.74, 6) is 2.71. The molecule has 12 nitrogen and oxygen atoms in total. The van der Waals surface area contributed by atoms with Gasteiger partial charge in [-0.1, -0.05) is 6.07 Å². The number of hydrogen-bond donors (Lipinski definition) is 1. The highest BCUT2D eigenvalue weighted by atomic mass is 16.5. The zero-order chi connectivity index (χ0) is 32.7. The third-order valence-corrected chi connectivity index (χ3v) is 9.50. The number of ether oxygens (including phenoxy) is 4. The van der Waals surface area contributed by atoms with Gasteiger partial charge in [0.25, 0.3) is 0 Å². The van der Waals surface area contributed by atoms with Gasteiger partial charge in [-0.2, -0.15) is 10.2 Å². The van der Waals surface area contributed by atoms with Crippen LogP contribution in [0.3, 0.4) is 0 Å². The molecule has 2 saturated heterocycles. The number of carboxylic acid groups (broad SMARTS) is 1. The van der Waals surface area contributed by atoms with Crippen molar-refractivity contribution in [1.82, 2.24) is 24.4 Å². The molecule has 3 aliphatic rings. The zero-order valence-corrected chi connectivity index (χ0v) is 26.8. The quantitative estimate of drug-likeness (QED) is 0.230. The van der Waals surface area contributed by atoms with Crippen molar-refractivity contribution >= 4 is 17.0 Å². The van der Waals surface area contributed by atoms with Crippen molar-refractivity contribution in [2.75, 3.05) is 26.8 Å². The molecule has 244 valence electrons. The minimum absolute atomic E-state index is 0.0337. The number of hydrogen-bond acceptors (Lipinski definition) is 10. The minimum Gasteiger partial charge on any atom is -0.494 e. The summed E-state index contributed by atoms with van der Waals surface area (Å²) in [6.45, 7) is 7.89. The first-order valence-electron chi connectivity index (χ1n) is 16.1. The Morgan fingerprint density at radius 3 is 2.77 bits per heavy atom. The molecule has 2 aliphatic heterocycles. The number of likely N-dealkylation sites (tertiary alicyclic amines) is 1. The van der Waals surface area contributed by atoms with Crippen LogP contribution in [0.1, 0.15) is 66.2 Å². The van der Waals surface area contributed by atoms with E-state index in [0.29, 0.717) is 47.5 Å². The maximum Gasteiger partial charge on any atom is 0.335 e. The lowest BCUT2D eigenvalue weighted by atomic mass is 9.94. The highest BCUT2D eigenvalue weighted by Gasteiger charge is 2.59. The first-order valence-corrected chi connectivity index (χ1v) is 16.1. The molecule has 0 bridgehead atoms. The lowest BCUT2D eigenvalue weighted by Gasteiger charge is -2.31. The first kappa shape index (κ1) is 30.9. The Morgan fingerprint density at radius 2 is 2.06 bits per heavy atom. The number of aromatic carboxylic acids is 1. The summed E-state index contributed by atoms with van der Waals surface area (Å²) in [6, 6.07) is 12.5. The molecule has 2 aromatic heterocycles. The maximum absolute atomic E-state index is 11.9. The fourth-order valence-corrected chi connectivity index (χ4v) is 6.81. The van der Waals surface area contributed by atoms with E-state index in [1.807, 2.05) is 19.9 Å². The van der Waals surface area contributed by atoms with Gasteiger partial charge in [0, 0.05) is 36.4 Å². The average molecular weight is 639 g/mol. The van der Waals surface area contributed by atoms with Crippen LogP contribution in [0.15, 0.2) is 42.6 Å². The van der Waals surface area contributed by atoms with Crippen LogP contribution in [-0.2, 0) is 29.8 Å². The van der Waals surface area contributed by atoms with Crippen LogP contribution in [0.2, 0.25) is 0 Å². The van der Waals surface area contributed by atoms with E-state index in [2.05, 4.69) is 15.5 Å². The van der Waals surface area contributed by atoms with E-state index >= 15 is 0 Å². The van der Waals surface area contributed by atoms with Crippen LogP contribution in [0.4, 0.5) is 0 Å². The normalized spacial score (nSPS) is 21.9. The number of piperidine rings is 1. The molecule has 0 amide bonds. The standard InChI is InChI=1S/C35H38N6O6/c1-21(2)47-28-12-22(16-36)4-5-23(28)20-46-31-6-9-37-34(39-31)35-8-10-40(17-25(35)15-35)19-30-38-32-27(41(30)18-26-7-11-45-26)13-24(33(42)43)14-29(32)44-3/h4-6,9,12-14,21,25-26H,7-8,10-11,15,17-20H2,1-3H3,(H,42,43)/t25?,26-,35?/m0/s1. The number of carboxylic acids is 1. The second-order valence-corrected chi connectivity index (χ2v) is 12.9. The van der Waals surface area contributed by atoms with Crippen LogP contribution < -0.4 is 14.2 Å². The molecule has 47 heavy (non-hydrogen) atoms. The molecule has 3 atom stereocenters. The highest BCUT2D eigenvalue weighted by Crippen LogP contribution is 2.58. The second-order valence-electron chi connectivity index (χ2n) is 12.9. The fraction of sp³-hybridized carbons (Fsp3) is 0.457. The van der Waals surface area contributed by atoms with Gasteiger partial charge in [0.15, 0.2) is 0 Å². The molecule has 7 rings (SSSR count). The van der Waals surface area contributed by atoms with E-state index in [1.165, 1.54) is 6.07 Å². The van der Waals surface area contributed by atoms with Crippen molar-refractivity contribution in [2.45, 2.75) is 70.4 Å². The number of nitriles is 1. The number of imidazole rings is 1. The SMILES string of the molecule is COc1cc(C(=O)O)cc2c1nc(CN1CCC3(c4nccc(OCc5ccc(C#N)cc5OC(C)C)n4)CC3C1)n2C[C@@H]1CCO1. The molecular weight excluding hydrogens is 600 g/mol. The molecular formula is C35H38N6O6. The van der Waals surface area contributed by atoms with Crippen molar-refractivity contribution < 1.29 is 28.8 Å². The number of carbonyl (C=O) groups is 1. The summed E-state index contributed by atoms with van der Waals surface area (Å²) in [6.07, 6.45) is 4.71. The largest absolute Gasteiger partial charge is 0.494 e. The molecule has 0 spiro atoms. The van der Waals surface area contributed by atoms with Gasteiger partial charge in [-0.25, -0.2) is 14.8 Å². The Kier molecular flexibility index (Phi) is 8.20. The summed E-state index contributed by atoms with van der Waals surface area (Å²) in [7, 11) is 1.54. The van der Waals surface area contributed by atoms with Crippen molar-refractivity contribution in [1.29, 1.82) is 5.26 Å². The smallest absolute Gasteiger partial charge is 0.335 e. The number of fused-ring (bicyclic) bond motifs is 2. The Hall–Kier alpha value is -4.73. The van der Waals surface area contributed by atoms with Crippen molar-refractivity contribution in [3.63, 3.8) is 0 Å². The van der Waals surface area contributed by atoms with E-state index in [0.717, 1.165) is 61.7 Å². The molecule has 4 aromatic rings. The van der Waals surface area contributed by atoms with E-state index in [-0.39, 0.29) is 29.8 Å². The monoisotopic (exact) mass is 638 g/mol. The summed E-state index contributed by atoms with van der Waals surface area (Å²) < 4.78 is 25.5. The summed E-state index contributed by atoms with van der Waals surface area (Å²) >= 11 is 0. The summed E-state index contributed by atoms with van der Waals surface area (Å²) in [5.41, 5.74) is 2.90. The average Bonchev–Trinajstić information content (AvgIpc) is 3.69. The Labute approximate surface area is 272 Å². The van der Waals surface area contributed by atoms with E-state index < -0.39 is 5.97 Å². The van der Waals surface area contributed by atoms with Crippen molar-refractivity contribution in [2.24, 2.45) is 5.92 Å². The molecule has 3 fully saturated rings. The number of benzene rings is 2. The molecule has 1 saturated carbocycles. The number of rotatable bonds is 12. The van der Waals surface area contributed by atoms with Gasteiger partial charge < -0.3 is 28.6 Å². The molecule has 2 unspecified atom stereocenters. The predicted octanol–water partition coefficient (Wildman–Crippen LogP) is 4.72. The topological polar surface area (TPSA) is 145 Å². The van der Waals surface area contributed by atoms with Crippen LogP contribution in [0, 0.1) is 17.2 Å². The van der Waals surface area contributed by atoms with E-state index in [1.54, 1.807) is 37.6 Å². The first-order chi connectivity index (χ1) is 22.8. The highest BCUT2D eigenvalue weighted by molar-refractivity contribution is 5.95. The third-order valence-electron chi connectivity index (χ3n) is 9.50. The minimum atomic E-state index is -1.00. The van der Waals surface area contributed by atoms with Gasteiger partial charge in [-0.15, -0.1) is 0 Å². The van der Waals surface area contributed by atoms with Crippen LogP contribution >= 0.6 is 0 Å². The molecule has 1 N–H and O–H groups in total. The Bertz CT molecular complexity index is 1860. The van der Waals surface area contributed by atoms with Gasteiger partial charge in [-0.05, 0) is 69.8 Å². The van der Waals surface area contributed by atoms with Crippen molar-refractivity contribution in [3.05, 3.63) is 70.9 Å². The molecule has 1 aliphatic carbocycles. The van der Waals surface area contributed by atoms with Gasteiger partial charge >= 0.3 is 5.97 Å². The molecule has 12 heteroatoms. The molecule has 2 aromatic carbocycles. The van der Waals surface area contributed by atoms with Crippen molar-refractivity contribution in [3.8, 4) is 23.4 Å². The lowest BCUT2D eigenvalue weighted by Crippen LogP contribution is -2.38. The van der Waals surface area contributed by atoms with E-state index in [4.69, 9.17) is 33.9 Å². The summed E-state index contributed by atoms with van der Waals surface area (Å²) in [4.78, 5) is 28.8. The number of methoxy groups -OCH3 is 1. The lowest BCUT2D eigenvalue weighted by molar-refractivity contribution is -0.0592. The third kappa shape index (κ3) is 6.08. The molecule has 0 radical (unpaired) electrons. The Balaban J connectivity index is 1.06. The van der Waals surface area contributed by atoms with Gasteiger partial charge in [-0.3, -0.25) is 4.90 Å². The predicted molar refractivity (Wildman–Crippen MR) is 171 cm³/mol. The summed E-state index contributed by atoms with van der Waals surface area (Å²) in [5, 5.41) is 19.0. The van der Waals surface area contributed by atoms with Crippen LogP contribution in [-0.4, -0.2) is 74.5 Å². The second kappa shape index (κ2) is 12.5. The zero-order valence-electron chi connectivity index (χ0n) is 26.8. The van der Waals surface area contributed by atoms with Crippen LogP contribution in [0.25, 0.3) is 11.0 Å². The molecule has 4 heterocycles. The van der Waals surface area contributed by atoms with Gasteiger partial charge in [0.05, 0.1) is 55.1 Å². The van der Waals surface area contributed by atoms with E-state index in [9.17, 15) is 15.2 Å². The fourth-order valence-electron chi connectivity index (χ4n) is 6.81. The van der Waals surface area contributed by atoms with Gasteiger partial charge in [0.1, 0.15) is 35.3 Å².